The molecular formula is C42H43F4N11O3. The van der Waals surface area contributed by atoms with Crippen LogP contribution in [0.5, 0.6) is 0 Å². The fourth-order valence-electron chi connectivity index (χ4n) is 8.50. The van der Waals surface area contributed by atoms with Crippen molar-refractivity contribution >= 4 is 46.5 Å². The number of carbonyl (C=O) groups is 3. The largest absolute Gasteiger partial charge is 0.417 e. The lowest BCUT2D eigenvalue weighted by atomic mass is 9.85. The number of imide groups is 1. The molecule has 2 aromatic carbocycles. The number of rotatable bonds is 9. The van der Waals surface area contributed by atoms with Crippen LogP contribution in [-0.2, 0) is 23.9 Å². The Morgan fingerprint density at radius 1 is 0.867 bits per heavy atom. The molecule has 1 saturated carbocycles. The third-order valence-electron chi connectivity index (χ3n) is 11.8. The van der Waals surface area contributed by atoms with E-state index in [0.29, 0.717) is 42.6 Å². The van der Waals surface area contributed by atoms with Crippen LogP contribution in [0, 0.1) is 23.2 Å². The Morgan fingerprint density at radius 3 is 2.30 bits per heavy atom. The van der Waals surface area contributed by atoms with Crippen molar-refractivity contribution in [1.82, 2.24) is 30.5 Å². The van der Waals surface area contributed by atoms with Gasteiger partial charge in [-0.1, -0.05) is 0 Å². The standard InChI is InChI=1S/C42H43F4N11O3/c43-38-33(11-12-36(51-38)52-39-32-13-15-56(24-35(32)48-25-49-39)31-6-3-27(22-47)34(21-31)42(44,45)46)40(59)50-28-4-1-26(2-5-28)23-54-17-19-55(20-18-54)29-7-9-30(10-8-29)57-16-14-37(58)53-41(57)60/h3,6-12,21,25-26,28H,1-2,4-5,13-20,23-24H2,(H,50,59)(H,53,58,60)(H,48,49,51,52)/t26-,28-. The summed E-state index contributed by atoms with van der Waals surface area (Å²) >= 11 is 0. The third-order valence-corrected chi connectivity index (χ3v) is 11.8. The highest BCUT2D eigenvalue weighted by Crippen LogP contribution is 2.36. The topological polar surface area (TPSA) is 163 Å². The molecule has 4 aliphatic rings. The second kappa shape index (κ2) is 17.1. The summed E-state index contributed by atoms with van der Waals surface area (Å²) in [6, 6.07) is 15.5. The van der Waals surface area contributed by atoms with E-state index < -0.39 is 35.2 Å². The first kappa shape index (κ1) is 40.4. The lowest BCUT2D eigenvalue weighted by Gasteiger charge is -2.39. The molecule has 0 atom stereocenters. The van der Waals surface area contributed by atoms with E-state index in [-0.39, 0.29) is 36.3 Å². The van der Waals surface area contributed by atoms with Crippen molar-refractivity contribution in [2.24, 2.45) is 5.92 Å². The van der Waals surface area contributed by atoms with Gasteiger partial charge < -0.3 is 20.4 Å². The molecule has 2 aromatic heterocycles. The first-order valence-corrected chi connectivity index (χ1v) is 20.0. The minimum Gasteiger partial charge on any atom is -0.369 e. The highest BCUT2D eigenvalue weighted by Gasteiger charge is 2.35. The summed E-state index contributed by atoms with van der Waals surface area (Å²) in [4.78, 5) is 57.6. The average Bonchev–Trinajstić information content (AvgIpc) is 3.24. The van der Waals surface area contributed by atoms with Crippen LogP contribution in [0.1, 0.15) is 64.8 Å². The number of nitrogens with one attached hydrogen (secondary N) is 3. The Balaban J connectivity index is 0.789. The van der Waals surface area contributed by atoms with Gasteiger partial charge in [0.05, 0.1) is 35.0 Å². The molecule has 8 rings (SSSR count). The third kappa shape index (κ3) is 8.95. The number of piperazine rings is 1. The fraction of sp³-hybridized carbons (Fsp3) is 0.405. The van der Waals surface area contributed by atoms with E-state index in [1.54, 1.807) is 15.9 Å². The van der Waals surface area contributed by atoms with Gasteiger partial charge in [-0.3, -0.25) is 24.7 Å². The summed E-state index contributed by atoms with van der Waals surface area (Å²) in [5, 5.41) is 17.5. The van der Waals surface area contributed by atoms with Crippen LogP contribution in [-0.4, -0.2) is 89.6 Å². The predicted molar refractivity (Wildman–Crippen MR) is 214 cm³/mol. The van der Waals surface area contributed by atoms with E-state index in [2.05, 4.69) is 40.7 Å². The number of benzene rings is 2. The van der Waals surface area contributed by atoms with Gasteiger partial charge in [0.25, 0.3) is 5.91 Å². The van der Waals surface area contributed by atoms with E-state index in [4.69, 9.17) is 5.26 Å². The highest BCUT2D eigenvalue weighted by molar-refractivity contribution is 6.05. The van der Waals surface area contributed by atoms with E-state index in [0.717, 1.165) is 87.5 Å². The number of nitrogens with zero attached hydrogens (tertiary/aromatic N) is 8. The van der Waals surface area contributed by atoms with E-state index in [9.17, 15) is 27.6 Å². The van der Waals surface area contributed by atoms with Crippen molar-refractivity contribution in [2.75, 3.05) is 65.8 Å². The molecule has 60 heavy (non-hydrogen) atoms. The number of aromatic nitrogens is 3. The quantitative estimate of drug-likeness (QED) is 0.139. The number of halogens is 4. The summed E-state index contributed by atoms with van der Waals surface area (Å²) < 4.78 is 56.1. The molecule has 2 saturated heterocycles. The fourth-order valence-corrected chi connectivity index (χ4v) is 8.50. The number of alkyl halides is 3. The van der Waals surface area contributed by atoms with Crippen LogP contribution in [0.3, 0.4) is 0 Å². The molecular weight excluding hydrogens is 783 g/mol. The van der Waals surface area contributed by atoms with Crippen molar-refractivity contribution in [3.63, 3.8) is 0 Å². The molecule has 1 aliphatic carbocycles. The molecule has 18 heteroatoms. The number of pyridine rings is 1. The maximum Gasteiger partial charge on any atom is 0.417 e. The van der Waals surface area contributed by atoms with Crippen LogP contribution in [0.15, 0.2) is 60.9 Å². The normalized spacial score (nSPS) is 19.9. The summed E-state index contributed by atoms with van der Waals surface area (Å²) in [6.07, 6.45) is 0.804. The number of fused-ring (bicyclic) bond motifs is 1. The number of amides is 4. The lowest BCUT2D eigenvalue weighted by molar-refractivity contribution is -0.137. The minimum atomic E-state index is -4.67. The van der Waals surface area contributed by atoms with Gasteiger partial charge in [-0.2, -0.15) is 22.8 Å². The van der Waals surface area contributed by atoms with Crippen molar-refractivity contribution in [2.45, 2.75) is 57.3 Å². The van der Waals surface area contributed by atoms with Gasteiger partial charge in [0.1, 0.15) is 18.0 Å². The summed E-state index contributed by atoms with van der Waals surface area (Å²) in [5.41, 5.74) is 1.86. The van der Waals surface area contributed by atoms with Gasteiger partial charge in [-0.15, -0.1) is 0 Å². The van der Waals surface area contributed by atoms with Crippen LogP contribution < -0.4 is 30.7 Å². The molecule has 0 spiro atoms. The zero-order valence-corrected chi connectivity index (χ0v) is 32.6. The number of urea groups is 1. The molecule has 14 nitrogen and oxygen atoms in total. The monoisotopic (exact) mass is 825 g/mol. The van der Waals surface area contributed by atoms with E-state index in [1.807, 2.05) is 24.3 Å². The van der Waals surface area contributed by atoms with Gasteiger partial charge >= 0.3 is 12.2 Å². The van der Waals surface area contributed by atoms with Crippen molar-refractivity contribution in [3.05, 3.63) is 94.8 Å². The Morgan fingerprint density at radius 2 is 1.60 bits per heavy atom. The molecule has 5 heterocycles. The molecule has 312 valence electrons. The van der Waals surface area contributed by atoms with Crippen molar-refractivity contribution in [3.8, 4) is 6.07 Å². The molecule has 4 aromatic rings. The predicted octanol–water partition coefficient (Wildman–Crippen LogP) is 5.76. The van der Waals surface area contributed by atoms with E-state index >= 15 is 4.39 Å². The van der Waals surface area contributed by atoms with Crippen molar-refractivity contribution in [1.29, 1.82) is 5.26 Å². The first-order chi connectivity index (χ1) is 28.9. The zero-order valence-electron chi connectivity index (χ0n) is 32.6. The Bertz CT molecular complexity index is 2300. The number of hydrogen-bond donors (Lipinski definition) is 3. The maximum absolute atomic E-state index is 15.3. The SMILES string of the molecule is N#Cc1ccc(N2CCc3c(ncnc3Nc3ccc(C(=O)N[C@H]4CC[C@H](CN5CCN(c6ccc(N7CCC(=O)NC7=O)cc6)CC5)CC4)c(F)n3)C2)cc1C(F)(F)F. The number of carbonyl (C=O) groups excluding carboxylic acids is 3. The van der Waals surface area contributed by atoms with E-state index in [1.165, 1.54) is 24.5 Å². The van der Waals surface area contributed by atoms with Crippen molar-refractivity contribution < 1.29 is 31.9 Å². The average molecular weight is 826 g/mol. The lowest BCUT2D eigenvalue weighted by Crippen LogP contribution is -2.49. The molecule has 4 amide bonds. The van der Waals surface area contributed by atoms with Crippen LogP contribution in [0.4, 0.5) is 51.1 Å². The Hall–Kier alpha value is -6.35. The molecule has 0 unspecified atom stereocenters. The number of hydrogen-bond acceptors (Lipinski definition) is 11. The van der Waals surface area contributed by atoms with Crippen LogP contribution in [0.25, 0.3) is 0 Å². The van der Waals surface area contributed by atoms with Gasteiger partial charge in [-0.25, -0.2) is 19.7 Å². The molecule has 0 bridgehead atoms. The van der Waals surface area contributed by atoms with Crippen LogP contribution >= 0.6 is 0 Å². The van der Waals surface area contributed by atoms with Crippen LogP contribution in [0.2, 0.25) is 0 Å². The van der Waals surface area contributed by atoms with Gasteiger partial charge in [0.15, 0.2) is 0 Å². The summed E-state index contributed by atoms with van der Waals surface area (Å²) in [6.45, 7) is 5.53. The second-order valence-electron chi connectivity index (χ2n) is 15.6. The number of nitriles is 1. The molecule has 3 N–H and O–H groups in total. The molecule has 0 radical (unpaired) electrons. The van der Waals surface area contributed by atoms with Gasteiger partial charge in [0.2, 0.25) is 11.9 Å². The summed E-state index contributed by atoms with van der Waals surface area (Å²) in [7, 11) is 0. The summed E-state index contributed by atoms with van der Waals surface area (Å²) in [5.74, 6) is -0.682. The van der Waals surface area contributed by atoms with Gasteiger partial charge in [-0.05, 0) is 92.6 Å². The highest BCUT2D eigenvalue weighted by atomic mass is 19.4. The Labute approximate surface area is 343 Å². The Kier molecular flexibility index (Phi) is 11.5. The maximum atomic E-state index is 15.3. The smallest absolute Gasteiger partial charge is 0.369 e. The molecule has 3 fully saturated rings. The number of anilines is 5. The second-order valence-corrected chi connectivity index (χ2v) is 15.6. The first-order valence-electron chi connectivity index (χ1n) is 20.0. The molecule has 3 aliphatic heterocycles. The minimum absolute atomic E-state index is 0.0706. The van der Waals surface area contributed by atoms with Gasteiger partial charge in [0, 0.05) is 80.9 Å². The zero-order chi connectivity index (χ0) is 42.0.